The third-order valence-corrected chi connectivity index (χ3v) is 2.59. The summed E-state index contributed by atoms with van der Waals surface area (Å²) in [7, 11) is 3.50. The molecule has 1 heterocycles. The first kappa shape index (κ1) is 14.4. The monoisotopic (exact) mass is 256 g/mol. The molecule has 0 aliphatic carbocycles. The van der Waals surface area contributed by atoms with E-state index in [1.807, 2.05) is 7.05 Å². The molecule has 1 aromatic heterocycles. The van der Waals surface area contributed by atoms with Crippen LogP contribution in [0.3, 0.4) is 0 Å². The molecule has 1 rings (SSSR count). The molecule has 0 aliphatic heterocycles. The Morgan fingerprint density at radius 3 is 2.94 bits per heavy atom. The van der Waals surface area contributed by atoms with Crippen LogP contribution in [0.2, 0.25) is 0 Å². The lowest BCUT2D eigenvalue weighted by Crippen LogP contribution is -2.31. The third kappa shape index (κ3) is 4.68. The molecule has 0 amide bonds. The molecule has 0 radical (unpaired) electrons. The molecule has 0 atom stereocenters. The van der Waals surface area contributed by atoms with E-state index in [2.05, 4.69) is 20.1 Å². The number of aryl methyl sites for hydroxylation is 1. The van der Waals surface area contributed by atoms with Gasteiger partial charge in [-0.05, 0) is 0 Å². The molecule has 8 nitrogen and oxygen atoms in total. The van der Waals surface area contributed by atoms with E-state index < -0.39 is 0 Å². The first-order valence-electron chi connectivity index (χ1n) is 5.68. The highest BCUT2D eigenvalue weighted by atomic mass is 16.5. The van der Waals surface area contributed by atoms with E-state index in [4.69, 9.17) is 15.7 Å². The van der Waals surface area contributed by atoms with Gasteiger partial charge in [-0.1, -0.05) is 5.16 Å². The Morgan fingerprint density at radius 1 is 1.61 bits per heavy atom. The lowest BCUT2D eigenvalue weighted by Gasteiger charge is -2.20. The first-order valence-corrected chi connectivity index (χ1v) is 5.68. The van der Waals surface area contributed by atoms with Gasteiger partial charge in [-0.25, -0.2) is 4.98 Å². The van der Waals surface area contributed by atoms with Gasteiger partial charge in [0.25, 0.3) is 0 Å². The van der Waals surface area contributed by atoms with Crippen LogP contribution >= 0.6 is 0 Å². The molecular weight excluding hydrogens is 236 g/mol. The zero-order valence-corrected chi connectivity index (χ0v) is 10.8. The molecule has 0 unspecified atom stereocenters. The molecule has 18 heavy (non-hydrogen) atoms. The summed E-state index contributed by atoms with van der Waals surface area (Å²) in [6, 6.07) is 0. The number of hydrogen-bond acceptors (Lipinski definition) is 6. The van der Waals surface area contributed by atoms with Crippen LogP contribution in [-0.4, -0.2) is 57.5 Å². The lowest BCUT2D eigenvalue weighted by atomic mass is 10.3. The maximum atomic E-state index is 8.52. The van der Waals surface area contributed by atoms with Crippen molar-refractivity contribution in [2.75, 3.05) is 26.8 Å². The number of rotatable bonds is 8. The number of hydrogen-bond donors (Lipinski definition) is 2. The van der Waals surface area contributed by atoms with Gasteiger partial charge in [0.15, 0.2) is 0 Å². The third-order valence-electron chi connectivity index (χ3n) is 2.59. The number of amidine groups is 1. The van der Waals surface area contributed by atoms with E-state index in [-0.39, 0.29) is 5.84 Å². The van der Waals surface area contributed by atoms with Crippen LogP contribution in [0.5, 0.6) is 0 Å². The molecule has 0 fully saturated rings. The average molecular weight is 256 g/mol. The summed E-state index contributed by atoms with van der Waals surface area (Å²) in [6.45, 7) is 2.70. The lowest BCUT2D eigenvalue weighted by molar-refractivity contribution is 0.143. The van der Waals surface area contributed by atoms with E-state index in [0.29, 0.717) is 26.1 Å². The normalized spacial score (nSPS) is 12.3. The molecule has 0 aromatic carbocycles. The van der Waals surface area contributed by atoms with Gasteiger partial charge in [-0.2, -0.15) is 5.10 Å². The Bertz CT molecular complexity index is 378. The molecular formula is C10H20N6O2. The highest BCUT2D eigenvalue weighted by molar-refractivity contribution is 5.79. The molecule has 102 valence electrons. The van der Waals surface area contributed by atoms with Gasteiger partial charge >= 0.3 is 0 Å². The second kappa shape index (κ2) is 7.62. The van der Waals surface area contributed by atoms with Crippen LogP contribution in [0.1, 0.15) is 12.2 Å². The van der Waals surface area contributed by atoms with Gasteiger partial charge in [0.2, 0.25) is 0 Å². The highest BCUT2D eigenvalue weighted by Gasteiger charge is 2.10. The molecule has 0 saturated heterocycles. The number of methoxy groups -OCH3 is 1. The Balaban J connectivity index is 2.52. The van der Waals surface area contributed by atoms with Gasteiger partial charge in [-0.15, -0.1) is 0 Å². The number of aromatic nitrogens is 3. The van der Waals surface area contributed by atoms with Gasteiger partial charge in [0, 0.05) is 33.7 Å². The number of ether oxygens (including phenoxy) is 1. The second-order valence-electron chi connectivity index (χ2n) is 3.91. The van der Waals surface area contributed by atoms with E-state index in [9.17, 15) is 0 Å². The van der Waals surface area contributed by atoms with Crippen molar-refractivity contribution in [3.63, 3.8) is 0 Å². The summed E-state index contributed by atoms with van der Waals surface area (Å²) < 4.78 is 6.78. The van der Waals surface area contributed by atoms with Crippen molar-refractivity contribution in [2.45, 2.75) is 13.0 Å². The SMILES string of the molecule is COCCN(CCC(N)=NO)Cc1ncnn1C. The van der Waals surface area contributed by atoms with E-state index in [0.717, 1.165) is 12.4 Å². The number of nitrogens with zero attached hydrogens (tertiary/aromatic N) is 5. The van der Waals surface area contributed by atoms with Gasteiger partial charge < -0.3 is 15.7 Å². The van der Waals surface area contributed by atoms with Crippen LogP contribution in [0.15, 0.2) is 11.5 Å². The maximum absolute atomic E-state index is 8.52. The topological polar surface area (TPSA) is 102 Å². The second-order valence-corrected chi connectivity index (χ2v) is 3.91. The van der Waals surface area contributed by atoms with Crippen LogP contribution in [0.25, 0.3) is 0 Å². The predicted molar refractivity (Wildman–Crippen MR) is 66.2 cm³/mol. The zero-order chi connectivity index (χ0) is 13.4. The van der Waals surface area contributed by atoms with Crippen molar-refractivity contribution in [3.05, 3.63) is 12.2 Å². The predicted octanol–water partition coefficient (Wildman–Crippen LogP) is -0.600. The van der Waals surface area contributed by atoms with Gasteiger partial charge in [0.1, 0.15) is 18.0 Å². The molecule has 0 aliphatic rings. The van der Waals surface area contributed by atoms with Crippen LogP contribution in [0.4, 0.5) is 0 Å². The molecule has 8 heteroatoms. The standard InChI is InChI=1S/C10H20N6O2/c1-15-10(12-8-13-15)7-16(5-6-18-2)4-3-9(11)14-17/h8,17H,3-7H2,1-2H3,(H2,11,14). The van der Waals surface area contributed by atoms with Crippen LogP contribution in [-0.2, 0) is 18.3 Å². The van der Waals surface area contributed by atoms with E-state index >= 15 is 0 Å². The summed E-state index contributed by atoms with van der Waals surface area (Å²) in [5.41, 5.74) is 5.46. The molecule has 0 spiro atoms. The molecule has 1 aromatic rings. The van der Waals surface area contributed by atoms with Crippen molar-refractivity contribution >= 4 is 5.84 Å². The van der Waals surface area contributed by atoms with Crippen LogP contribution in [0, 0.1) is 0 Å². The zero-order valence-electron chi connectivity index (χ0n) is 10.8. The van der Waals surface area contributed by atoms with Crippen molar-refractivity contribution in [1.82, 2.24) is 19.7 Å². The van der Waals surface area contributed by atoms with Crippen LogP contribution < -0.4 is 5.73 Å². The smallest absolute Gasteiger partial charge is 0.140 e. The van der Waals surface area contributed by atoms with E-state index in [1.54, 1.807) is 11.8 Å². The Kier molecular flexibility index (Phi) is 6.09. The fourth-order valence-corrected chi connectivity index (χ4v) is 1.48. The largest absolute Gasteiger partial charge is 0.409 e. The van der Waals surface area contributed by atoms with Crippen molar-refractivity contribution in [1.29, 1.82) is 0 Å². The Morgan fingerprint density at radius 2 is 2.39 bits per heavy atom. The quantitative estimate of drug-likeness (QED) is 0.279. The van der Waals surface area contributed by atoms with Gasteiger partial charge in [-0.3, -0.25) is 9.58 Å². The number of oxime groups is 1. The maximum Gasteiger partial charge on any atom is 0.140 e. The van der Waals surface area contributed by atoms with E-state index in [1.165, 1.54) is 6.33 Å². The first-order chi connectivity index (χ1) is 8.67. The summed E-state index contributed by atoms with van der Waals surface area (Å²) in [6.07, 6.45) is 2.02. The minimum absolute atomic E-state index is 0.218. The average Bonchev–Trinajstić information content (AvgIpc) is 2.77. The molecule has 3 N–H and O–H groups in total. The van der Waals surface area contributed by atoms with Crippen molar-refractivity contribution in [3.8, 4) is 0 Å². The summed E-state index contributed by atoms with van der Waals surface area (Å²) in [5, 5.41) is 15.5. The summed E-state index contributed by atoms with van der Waals surface area (Å²) in [5.74, 6) is 1.08. The fraction of sp³-hybridized carbons (Fsp3) is 0.700. The summed E-state index contributed by atoms with van der Waals surface area (Å²) in [4.78, 5) is 6.29. The minimum Gasteiger partial charge on any atom is -0.409 e. The molecule has 0 bridgehead atoms. The van der Waals surface area contributed by atoms with Gasteiger partial charge in [0.05, 0.1) is 13.2 Å². The van der Waals surface area contributed by atoms with Crippen molar-refractivity contribution < 1.29 is 9.94 Å². The van der Waals surface area contributed by atoms with Crippen molar-refractivity contribution in [2.24, 2.45) is 17.9 Å². The molecule has 0 saturated carbocycles. The Hall–Kier alpha value is -1.67. The number of nitrogens with two attached hydrogens (primary N) is 1. The fourth-order valence-electron chi connectivity index (χ4n) is 1.48. The minimum atomic E-state index is 0.218. The Labute approximate surface area is 106 Å². The highest BCUT2D eigenvalue weighted by Crippen LogP contribution is 2.01. The summed E-state index contributed by atoms with van der Waals surface area (Å²) >= 11 is 0.